The molecule has 0 aliphatic rings. The molecule has 0 atom stereocenters. The van der Waals surface area contributed by atoms with Crippen LogP contribution in [0.1, 0.15) is 9.67 Å². The molecule has 3 heteroatoms. The lowest BCUT2D eigenvalue weighted by atomic mass is 10.5. The van der Waals surface area contributed by atoms with Gasteiger partial charge in [-0.1, -0.05) is 12.0 Å². The molecule has 0 radical (unpaired) electrons. The van der Waals surface area contributed by atoms with E-state index in [0.29, 0.717) is 4.88 Å². The lowest BCUT2D eigenvalue weighted by Gasteiger charge is -1.95. The minimum absolute atomic E-state index is 0.0384. The van der Waals surface area contributed by atoms with Crippen LogP contribution >= 0.6 is 11.3 Å². The molecule has 0 saturated carbocycles. The van der Waals surface area contributed by atoms with Crippen molar-refractivity contribution in [2.24, 2.45) is 0 Å². The Kier molecular flexibility index (Phi) is 2.70. The van der Waals surface area contributed by atoms with Crippen LogP contribution in [0.5, 0.6) is 0 Å². The summed E-state index contributed by atoms with van der Waals surface area (Å²) in [5.74, 6) is 1.87. The molecule has 1 aromatic heterocycles. The van der Waals surface area contributed by atoms with E-state index < -0.39 is 0 Å². The van der Waals surface area contributed by atoms with E-state index in [1.807, 2.05) is 5.38 Å². The minimum Gasteiger partial charge on any atom is -0.448 e. The average Bonchev–Trinajstić information content (AvgIpc) is 2.52. The van der Waals surface area contributed by atoms with Crippen molar-refractivity contribution in [3.05, 3.63) is 22.4 Å². The van der Waals surface area contributed by atoms with E-state index >= 15 is 0 Å². The summed E-state index contributed by atoms with van der Waals surface area (Å²) in [4.78, 5) is 11.5. The van der Waals surface area contributed by atoms with E-state index in [2.05, 4.69) is 10.7 Å². The third-order valence-electron chi connectivity index (χ3n) is 1.01. The summed E-state index contributed by atoms with van der Waals surface area (Å²) in [5.41, 5.74) is 0. The topological polar surface area (TPSA) is 26.3 Å². The van der Waals surface area contributed by atoms with E-state index in [1.54, 1.807) is 12.1 Å². The Bertz CT molecular complexity index is 269. The number of carbonyl (C=O) groups is 1. The zero-order valence-electron chi connectivity index (χ0n) is 5.74. The SMILES string of the molecule is C#CCOC(=O)c1cccs1. The monoisotopic (exact) mass is 166 g/mol. The van der Waals surface area contributed by atoms with Crippen LogP contribution in [-0.2, 0) is 4.74 Å². The summed E-state index contributed by atoms with van der Waals surface area (Å²) in [6, 6.07) is 3.49. The Morgan fingerprint density at radius 2 is 2.64 bits per heavy atom. The highest BCUT2D eigenvalue weighted by atomic mass is 32.1. The first-order chi connectivity index (χ1) is 5.34. The normalized spacial score (nSPS) is 8.64. The zero-order valence-corrected chi connectivity index (χ0v) is 6.56. The van der Waals surface area contributed by atoms with Crippen molar-refractivity contribution >= 4 is 17.3 Å². The van der Waals surface area contributed by atoms with Gasteiger partial charge in [0.2, 0.25) is 0 Å². The van der Waals surface area contributed by atoms with Crippen molar-refractivity contribution < 1.29 is 9.53 Å². The number of hydrogen-bond acceptors (Lipinski definition) is 3. The van der Waals surface area contributed by atoms with Crippen molar-refractivity contribution in [3.8, 4) is 12.3 Å². The van der Waals surface area contributed by atoms with E-state index in [9.17, 15) is 4.79 Å². The van der Waals surface area contributed by atoms with Crippen LogP contribution in [0.2, 0.25) is 0 Å². The van der Waals surface area contributed by atoms with Gasteiger partial charge >= 0.3 is 5.97 Å². The van der Waals surface area contributed by atoms with E-state index in [0.717, 1.165) is 0 Å². The van der Waals surface area contributed by atoms with Gasteiger partial charge in [-0.05, 0) is 11.4 Å². The number of hydrogen-bond donors (Lipinski definition) is 0. The highest BCUT2D eigenvalue weighted by Gasteiger charge is 2.05. The molecule has 0 unspecified atom stereocenters. The van der Waals surface area contributed by atoms with Crippen molar-refractivity contribution in [3.63, 3.8) is 0 Å². The van der Waals surface area contributed by atoms with E-state index in [4.69, 9.17) is 6.42 Å². The Morgan fingerprint density at radius 3 is 3.18 bits per heavy atom. The molecule has 0 fully saturated rings. The van der Waals surface area contributed by atoms with Gasteiger partial charge in [0.05, 0.1) is 0 Å². The van der Waals surface area contributed by atoms with Crippen molar-refractivity contribution in [2.45, 2.75) is 0 Å². The predicted octanol–water partition coefficient (Wildman–Crippen LogP) is 1.54. The molecular formula is C8H6O2S. The fourth-order valence-electron chi connectivity index (χ4n) is 0.573. The summed E-state index contributed by atoms with van der Waals surface area (Å²) in [6.07, 6.45) is 4.91. The fraction of sp³-hybridized carbons (Fsp3) is 0.125. The van der Waals surface area contributed by atoms with Gasteiger partial charge in [-0.15, -0.1) is 17.8 Å². The first kappa shape index (κ1) is 7.83. The van der Waals surface area contributed by atoms with Crippen molar-refractivity contribution in [2.75, 3.05) is 6.61 Å². The van der Waals surface area contributed by atoms with E-state index in [1.165, 1.54) is 11.3 Å². The number of terminal acetylenes is 1. The summed E-state index contributed by atoms with van der Waals surface area (Å²) in [7, 11) is 0. The molecule has 1 aromatic rings. The molecule has 56 valence electrons. The predicted molar refractivity (Wildman–Crippen MR) is 43.4 cm³/mol. The van der Waals surface area contributed by atoms with Crippen LogP contribution in [0.4, 0.5) is 0 Å². The summed E-state index contributed by atoms with van der Waals surface area (Å²) >= 11 is 1.34. The molecule has 0 spiro atoms. The summed E-state index contributed by atoms with van der Waals surface area (Å²) in [5, 5.41) is 1.81. The van der Waals surface area contributed by atoms with Crippen LogP contribution in [0.15, 0.2) is 17.5 Å². The van der Waals surface area contributed by atoms with Gasteiger partial charge in [0, 0.05) is 0 Å². The first-order valence-electron chi connectivity index (χ1n) is 2.98. The second kappa shape index (κ2) is 3.79. The molecule has 0 aliphatic heterocycles. The Balaban J connectivity index is 2.51. The van der Waals surface area contributed by atoms with Gasteiger partial charge in [-0.25, -0.2) is 4.79 Å². The summed E-state index contributed by atoms with van der Waals surface area (Å²) in [6.45, 7) is 0.0384. The highest BCUT2D eigenvalue weighted by molar-refractivity contribution is 7.11. The number of esters is 1. The molecule has 2 nitrogen and oxygen atoms in total. The van der Waals surface area contributed by atoms with Crippen LogP contribution < -0.4 is 0 Å². The van der Waals surface area contributed by atoms with Crippen LogP contribution in [0.3, 0.4) is 0 Å². The molecule has 0 N–H and O–H groups in total. The average molecular weight is 166 g/mol. The molecule has 0 aromatic carbocycles. The maximum absolute atomic E-state index is 11.0. The van der Waals surface area contributed by atoms with Gasteiger partial charge in [0.15, 0.2) is 6.61 Å². The maximum atomic E-state index is 11.0. The van der Waals surface area contributed by atoms with Gasteiger partial charge in [0.25, 0.3) is 0 Å². The smallest absolute Gasteiger partial charge is 0.349 e. The van der Waals surface area contributed by atoms with Crippen molar-refractivity contribution in [1.29, 1.82) is 0 Å². The molecule has 0 bridgehead atoms. The fourth-order valence-corrected chi connectivity index (χ4v) is 1.19. The maximum Gasteiger partial charge on any atom is 0.349 e. The van der Waals surface area contributed by atoms with Crippen LogP contribution in [-0.4, -0.2) is 12.6 Å². The quantitative estimate of drug-likeness (QED) is 0.492. The number of rotatable bonds is 2. The molecule has 0 amide bonds. The second-order valence-corrected chi connectivity index (χ2v) is 2.71. The van der Waals surface area contributed by atoms with E-state index in [-0.39, 0.29) is 12.6 Å². The third kappa shape index (κ3) is 2.10. The molecule has 11 heavy (non-hydrogen) atoms. The third-order valence-corrected chi connectivity index (χ3v) is 1.86. The minimum atomic E-state index is -0.349. The number of ether oxygens (including phenoxy) is 1. The Labute approximate surface area is 68.8 Å². The van der Waals surface area contributed by atoms with Gasteiger partial charge in [0.1, 0.15) is 4.88 Å². The summed E-state index contributed by atoms with van der Waals surface area (Å²) < 4.78 is 4.67. The van der Waals surface area contributed by atoms with Gasteiger partial charge < -0.3 is 4.74 Å². The zero-order chi connectivity index (χ0) is 8.10. The van der Waals surface area contributed by atoms with Gasteiger partial charge in [-0.2, -0.15) is 0 Å². The molecule has 1 rings (SSSR count). The largest absolute Gasteiger partial charge is 0.448 e. The second-order valence-electron chi connectivity index (χ2n) is 1.76. The molecule has 0 aliphatic carbocycles. The lowest BCUT2D eigenvalue weighted by Crippen LogP contribution is -2.02. The first-order valence-corrected chi connectivity index (χ1v) is 3.86. The highest BCUT2D eigenvalue weighted by Crippen LogP contribution is 2.09. The van der Waals surface area contributed by atoms with Crippen LogP contribution in [0.25, 0.3) is 0 Å². The van der Waals surface area contributed by atoms with Crippen molar-refractivity contribution in [1.82, 2.24) is 0 Å². The lowest BCUT2D eigenvalue weighted by molar-refractivity contribution is 0.0562. The standard InChI is InChI=1S/C8H6O2S/c1-2-5-10-8(9)7-4-3-6-11-7/h1,3-4,6H,5H2. The Hall–Kier alpha value is -1.27. The molecule has 0 saturated heterocycles. The molecule has 1 heterocycles. The molecular weight excluding hydrogens is 160 g/mol. The number of carbonyl (C=O) groups excluding carboxylic acids is 1. The van der Waals surface area contributed by atoms with Gasteiger partial charge in [-0.3, -0.25) is 0 Å². The van der Waals surface area contributed by atoms with Crippen LogP contribution in [0, 0.1) is 12.3 Å². The Morgan fingerprint density at radius 1 is 1.82 bits per heavy atom. The number of thiophene rings is 1.